The zero-order chi connectivity index (χ0) is 12.4. The molecule has 1 amide bonds. The molecule has 3 nitrogen and oxygen atoms in total. The maximum absolute atomic E-state index is 12.2. The molecule has 1 aliphatic rings. The van der Waals surface area contributed by atoms with E-state index in [9.17, 15) is 9.90 Å². The van der Waals surface area contributed by atoms with Gasteiger partial charge in [-0.25, -0.2) is 0 Å². The molecular formula is C13H16BrNO2. The van der Waals surface area contributed by atoms with Crippen LogP contribution < -0.4 is 0 Å². The molecule has 2 rings (SSSR count). The molecule has 0 saturated heterocycles. The standard InChI is InChI=1S/C13H16BrNO2/c1-15(10-4-2-3-5-10)13(17)11-7-6-9(14)8-12(11)16/h6-8,10,16H,2-5H2,1H3. The van der Waals surface area contributed by atoms with E-state index in [0.29, 0.717) is 11.6 Å². The maximum Gasteiger partial charge on any atom is 0.257 e. The number of hydrogen-bond donors (Lipinski definition) is 1. The van der Waals surface area contributed by atoms with Crippen LogP contribution in [0.15, 0.2) is 22.7 Å². The van der Waals surface area contributed by atoms with E-state index in [1.165, 1.54) is 12.8 Å². The summed E-state index contributed by atoms with van der Waals surface area (Å²) in [5, 5.41) is 9.78. The number of halogens is 1. The number of rotatable bonds is 2. The van der Waals surface area contributed by atoms with Gasteiger partial charge in [-0.2, -0.15) is 0 Å². The Balaban J connectivity index is 2.18. The van der Waals surface area contributed by atoms with Crippen LogP contribution in [-0.4, -0.2) is 29.0 Å². The second-order valence-electron chi connectivity index (χ2n) is 4.52. The zero-order valence-electron chi connectivity index (χ0n) is 9.82. The Bertz CT molecular complexity index is 427. The summed E-state index contributed by atoms with van der Waals surface area (Å²) in [5.74, 6) is -0.0591. The summed E-state index contributed by atoms with van der Waals surface area (Å²) in [6.45, 7) is 0. The molecule has 0 heterocycles. The molecule has 0 atom stereocenters. The van der Waals surface area contributed by atoms with Gasteiger partial charge < -0.3 is 10.0 Å². The lowest BCUT2D eigenvalue weighted by Crippen LogP contribution is -2.35. The average Bonchev–Trinajstić information content (AvgIpc) is 2.80. The molecule has 4 heteroatoms. The molecule has 1 fully saturated rings. The summed E-state index contributed by atoms with van der Waals surface area (Å²) in [7, 11) is 1.82. The molecule has 0 unspecified atom stereocenters. The highest BCUT2D eigenvalue weighted by Crippen LogP contribution is 2.27. The van der Waals surface area contributed by atoms with Crippen LogP contribution in [0.25, 0.3) is 0 Å². The first kappa shape index (κ1) is 12.4. The van der Waals surface area contributed by atoms with Crippen molar-refractivity contribution in [2.75, 3.05) is 7.05 Å². The van der Waals surface area contributed by atoms with E-state index in [2.05, 4.69) is 15.9 Å². The van der Waals surface area contributed by atoms with Gasteiger partial charge in [0.15, 0.2) is 0 Å². The van der Waals surface area contributed by atoms with Crippen molar-refractivity contribution in [1.29, 1.82) is 0 Å². The highest BCUT2D eigenvalue weighted by molar-refractivity contribution is 9.10. The quantitative estimate of drug-likeness (QED) is 0.911. The Kier molecular flexibility index (Phi) is 3.72. The number of amides is 1. The smallest absolute Gasteiger partial charge is 0.257 e. The molecule has 1 aromatic carbocycles. The SMILES string of the molecule is CN(C(=O)c1ccc(Br)cc1O)C1CCCC1. The first-order valence-electron chi connectivity index (χ1n) is 5.85. The summed E-state index contributed by atoms with van der Waals surface area (Å²) in [4.78, 5) is 14.0. The molecule has 0 spiro atoms. The van der Waals surface area contributed by atoms with Crippen molar-refractivity contribution in [2.24, 2.45) is 0 Å². The minimum Gasteiger partial charge on any atom is -0.507 e. The van der Waals surface area contributed by atoms with Crippen LogP contribution in [0.5, 0.6) is 5.75 Å². The van der Waals surface area contributed by atoms with E-state index in [-0.39, 0.29) is 11.7 Å². The minimum atomic E-state index is -0.0955. The average molecular weight is 298 g/mol. The third-order valence-electron chi connectivity index (χ3n) is 3.38. The second-order valence-corrected chi connectivity index (χ2v) is 5.43. The van der Waals surface area contributed by atoms with Gasteiger partial charge in [-0.15, -0.1) is 0 Å². The molecule has 0 aliphatic heterocycles. The number of phenolic OH excluding ortho intramolecular Hbond substituents is 1. The van der Waals surface area contributed by atoms with Gasteiger partial charge in [0.05, 0.1) is 5.56 Å². The van der Waals surface area contributed by atoms with Gasteiger partial charge in [-0.05, 0) is 31.0 Å². The Morgan fingerprint density at radius 3 is 2.65 bits per heavy atom. The van der Waals surface area contributed by atoms with Crippen molar-refractivity contribution < 1.29 is 9.90 Å². The van der Waals surface area contributed by atoms with Crippen molar-refractivity contribution >= 4 is 21.8 Å². The predicted molar refractivity (Wildman–Crippen MR) is 70.2 cm³/mol. The third kappa shape index (κ3) is 2.63. The third-order valence-corrected chi connectivity index (χ3v) is 3.88. The lowest BCUT2D eigenvalue weighted by molar-refractivity contribution is 0.0732. The molecule has 1 aromatic rings. The Morgan fingerprint density at radius 1 is 1.41 bits per heavy atom. The van der Waals surface area contributed by atoms with Crippen molar-refractivity contribution in [3.63, 3.8) is 0 Å². The van der Waals surface area contributed by atoms with Gasteiger partial charge in [0, 0.05) is 17.6 Å². The highest BCUT2D eigenvalue weighted by atomic mass is 79.9. The monoisotopic (exact) mass is 297 g/mol. The van der Waals surface area contributed by atoms with Gasteiger partial charge in [-0.3, -0.25) is 4.79 Å². The summed E-state index contributed by atoms with van der Waals surface area (Å²) < 4.78 is 0.773. The summed E-state index contributed by atoms with van der Waals surface area (Å²) in [5.41, 5.74) is 0.377. The Labute approximate surface area is 110 Å². The van der Waals surface area contributed by atoms with E-state index in [1.807, 2.05) is 7.05 Å². The number of carbonyl (C=O) groups excluding carboxylic acids is 1. The second kappa shape index (κ2) is 5.08. The van der Waals surface area contributed by atoms with Crippen LogP contribution in [-0.2, 0) is 0 Å². The zero-order valence-corrected chi connectivity index (χ0v) is 11.4. The summed E-state index contributed by atoms with van der Waals surface area (Å²) in [6.07, 6.45) is 4.52. The van der Waals surface area contributed by atoms with Crippen LogP contribution in [0.3, 0.4) is 0 Å². The van der Waals surface area contributed by atoms with Crippen molar-refractivity contribution in [2.45, 2.75) is 31.7 Å². The molecule has 92 valence electrons. The fraction of sp³-hybridized carbons (Fsp3) is 0.462. The van der Waals surface area contributed by atoms with Crippen molar-refractivity contribution in [3.8, 4) is 5.75 Å². The fourth-order valence-electron chi connectivity index (χ4n) is 2.33. The number of benzene rings is 1. The highest BCUT2D eigenvalue weighted by Gasteiger charge is 2.25. The molecule has 1 saturated carbocycles. The largest absolute Gasteiger partial charge is 0.507 e. The van der Waals surface area contributed by atoms with Crippen LogP contribution in [0.1, 0.15) is 36.0 Å². The van der Waals surface area contributed by atoms with Crippen LogP contribution >= 0.6 is 15.9 Å². The Hall–Kier alpha value is -1.03. The van der Waals surface area contributed by atoms with Gasteiger partial charge in [-0.1, -0.05) is 28.8 Å². The van der Waals surface area contributed by atoms with Crippen molar-refractivity contribution in [1.82, 2.24) is 4.90 Å². The van der Waals surface area contributed by atoms with E-state index >= 15 is 0 Å². The topological polar surface area (TPSA) is 40.5 Å². The number of aromatic hydroxyl groups is 1. The Morgan fingerprint density at radius 2 is 2.06 bits per heavy atom. The number of hydrogen-bond acceptors (Lipinski definition) is 2. The normalized spacial score (nSPS) is 16.1. The van der Waals surface area contributed by atoms with Gasteiger partial charge in [0.25, 0.3) is 5.91 Å². The minimum absolute atomic E-state index is 0.0363. The van der Waals surface area contributed by atoms with Crippen LogP contribution in [0.2, 0.25) is 0 Å². The summed E-state index contributed by atoms with van der Waals surface area (Å²) in [6, 6.07) is 5.31. The molecule has 0 aromatic heterocycles. The number of nitrogens with zero attached hydrogens (tertiary/aromatic N) is 1. The molecule has 1 N–H and O–H groups in total. The van der Waals surface area contributed by atoms with Crippen molar-refractivity contribution in [3.05, 3.63) is 28.2 Å². The first-order valence-corrected chi connectivity index (χ1v) is 6.64. The molecule has 0 bridgehead atoms. The molecule has 17 heavy (non-hydrogen) atoms. The fourth-order valence-corrected chi connectivity index (χ4v) is 2.68. The van der Waals surface area contributed by atoms with E-state index in [0.717, 1.165) is 17.3 Å². The van der Waals surface area contributed by atoms with E-state index < -0.39 is 0 Å². The molecule has 0 radical (unpaired) electrons. The molecule has 1 aliphatic carbocycles. The van der Waals surface area contributed by atoms with Crippen LogP contribution in [0.4, 0.5) is 0 Å². The first-order chi connectivity index (χ1) is 8.09. The lowest BCUT2D eigenvalue weighted by atomic mass is 10.1. The predicted octanol–water partition coefficient (Wildman–Crippen LogP) is 3.17. The van der Waals surface area contributed by atoms with Gasteiger partial charge in [0.2, 0.25) is 0 Å². The number of carbonyl (C=O) groups is 1. The number of phenols is 1. The van der Waals surface area contributed by atoms with Gasteiger partial charge >= 0.3 is 0 Å². The van der Waals surface area contributed by atoms with Crippen LogP contribution in [0, 0.1) is 0 Å². The van der Waals surface area contributed by atoms with E-state index in [4.69, 9.17) is 0 Å². The van der Waals surface area contributed by atoms with Gasteiger partial charge in [0.1, 0.15) is 5.75 Å². The van der Waals surface area contributed by atoms with E-state index in [1.54, 1.807) is 23.1 Å². The maximum atomic E-state index is 12.2. The molecular weight excluding hydrogens is 282 g/mol. The lowest BCUT2D eigenvalue weighted by Gasteiger charge is -2.24. The summed E-state index contributed by atoms with van der Waals surface area (Å²) >= 11 is 3.26.